The highest BCUT2D eigenvalue weighted by Gasteiger charge is 2.18. The number of nitro benzene ring substituents is 1. The topological polar surface area (TPSA) is 106 Å². The molecule has 0 aliphatic rings. The first kappa shape index (κ1) is 12.0. The first-order valence-corrected chi connectivity index (χ1v) is 4.77. The fraction of sp³-hybridized carbons (Fsp3) is 0.300. The highest BCUT2D eigenvalue weighted by atomic mass is 16.6. The van der Waals surface area contributed by atoms with Crippen LogP contribution >= 0.6 is 0 Å². The van der Waals surface area contributed by atoms with Crippen LogP contribution in [0.3, 0.4) is 0 Å². The molecule has 0 aromatic heterocycles. The van der Waals surface area contributed by atoms with Gasteiger partial charge in [0.1, 0.15) is 0 Å². The number of nitrogens with two attached hydrogens (primary N) is 1. The maximum Gasteiger partial charge on any atom is 0.338 e. The monoisotopic (exact) mass is 224 g/mol. The van der Waals surface area contributed by atoms with Gasteiger partial charge in [-0.2, -0.15) is 0 Å². The Morgan fingerprint density at radius 3 is 2.62 bits per heavy atom. The van der Waals surface area contributed by atoms with E-state index in [1.54, 1.807) is 0 Å². The number of nitro groups is 1. The van der Waals surface area contributed by atoms with Crippen molar-refractivity contribution in [2.75, 3.05) is 5.73 Å². The number of benzene rings is 1. The summed E-state index contributed by atoms with van der Waals surface area (Å²) in [5.41, 5.74) is 5.64. The molecule has 1 aromatic carbocycles. The summed E-state index contributed by atoms with van der Waals surface area (Å²) in [6.07, 6.45) is 1.15. The molecule has 0 saturated carbocycles. The number of nitrogens with zero attached hydrogens (tertiary/aromatic N) is 1. The van der Waals surface area contributed by atoms with Gasteiger partial charge in [0.05, 0.1) is 16.2 Å². The summed E-state index contributed by atoms with van der Waals surface area (Å²) >= 11 is 0. The Balaban J connectivity index is 3.38. The van der Waals surface area contributed by atoms with Crippen LogP contribution in [0.25, 0.3) is 0 Å². The van der Waals surface area contributed by atoms with Gasteiger partial charge in [0.2, 0.25) is 0 Å². The van der Waals surface area contributed by atoms with Crippen LogP contribution in [0.4, 0.5) is 11.4 Å². The highest BCUT2D eigenvalue weighted by molar-refractivity contribution is 5.96. The maximum absolute atomic E-state index is 10.9. The normalized spacial score (nSPS) is 10.1. The summed E-state index contributed by atoms with van der Waals surface area (Å²) in [6.45, 7) is 1.86. The molecule has 16 heavy (non-hydrogen) atoms. The minimum atomic E-state index is -1.16. The standard InChI is InChI=1S/C10H12N2O4/c1-2-3-6-4-7(12(15)16)5-8(11)9(6)10(13)14/h4-5H,2-3,11H2,1H3,(H,13,14). The summed E-state index contributed by atoms with van der Waals surface area (Å²) < 4.78 is 0. The Hall–Kier alpha value is -2.11. The van der Waals surface area contributed by atoms with Crippen LogP contribution in [0, 0.1) is 10.1 Å². The average Bonchev–Trinajstić information content (AvgIpc) is 2.16. The van der Waals surface area contributed by atoms with Crippen LogP contribution in [-0.2, 0) is 6.42 Å². The summed E-state index contributed by atoms with van der Waals surface area (Å²) in [6, 6.07) is 2.34. The van der Waals surface area contributed by atoms with Gasteiger partial charge in [-0.1, -0.05) is 13.3 Å². The van der Waals surface area contributed by atoms with E-state index in [0.29, 0.717) is 18.4 Å². The predicted molar refractivity (Wildman–Crippen MR) is 58.5 cm³/mol. The van der Waals surface area contributed by atoms with E-state index in [2.05, 4.69) is 0 Å². The van der Waals surface area contributed by atoms with Crippen molar-refractivity contribution in [2.45, 2.75) is 19.8 Å². The van der Waals surface area contributed by atoms with E-state index < -0.39 is 10.9 Å². The zero-order chi connectivity index (χ0) is 12.3. The number of non-ortho nitro benzene ring substituents is 1. The highest BCUT2D eigenvalue weighted by Crippen LogP contribution is 2.25. The van der Waals surface area contributed by atoms with Gasteiger partial charge in [0.15, 0.2) is 0 Å². The second-order valence-corrected chi connectivity index (χ2v) is 3.38. The molecule has 0 bridgehead atoms. The minimum absolute atomic E-state index is 0.0348. The second-order valence-electron chi connectivity index (χ2n) is 3.38. The molecule has 6 heteroatoms. The van der Waals surface area contributed by atoms with Gasteiger partial charge < -0.3 is 10.8 Å². The lowest BCUT2D eigenvalue weighted by atomic mass is 10.0. The van der Waals surface area contributed by atoms with Crippen LogP contribution < -0.4 is 5.73 Å². The van der Waals surface area contributed by atoms with Crippen LogP contribution in [0.5, 0.6) is 0 Å². The maximum atomic E-state index is 10.9. The molecule has 86 valence electrons. The number of carboxylic acid groups (broad SMARTS) is 1. The molecule has 0 atom stereocenters. The Labute approximate surface area is 91.8 Å². The van der Waals surface area contributed by atoms with Crippen molar-refractivity contribution in [3.05, 3.63) is 33.4 Å². The van der Waals surface area contributed by atoms with E-state index in [-0.39, 0.29) is 16.9 Å². The van der Waals surface area contributed by atoms with Gasteiger partial charge >= 0.3 is 5.97 Å². The number of rotatable bonds is 4. The summed E-state index contributed by atoms with van der Waals surface area (Å²) in [7, 11) is 0. The molecule has 0 radical (unpaired) electrons. The Bertz CT molecular complexity index is 443. The molecule has 0 aliphatic heterocycles. The van der Waals surface area contributed by atoms with Crippen LogP contribution in [0.15, 0.2) is 12.1 Å². The molecule has 0 amide bonds. The smallest absolute Gasteiger partial charge is 0.338 e. The molecule has 0 fully saturated rings. The summed E-state index contributed by atoms with van der Waals surface area (Å²) in [4.78, 5) is 21.0. The molecule has 0 heterocycles. The molecule has 1 rings (SSSR count). The molecule has 0 unspecified atom stereocenters. The Morgan fingerprint density at radius 1 is 1.56 bits per heavy atom. The number of aryl methyl sites for hydroxylation is 1. The van der Waals surface area contributed by atoms with E-state index >= 15 is 0 Å². The molecular weight excluding hydrogens is 212 g/mol. The van der Waals surface area contributed by atoms with Gasteiger partial charge in [0, 0.05) is 12.1 Å². The van der Waals surface area contributed by atoms with Crippen LogP contribution in [-0.4, -0.2) is 16.0 Å². The molecule has 0 spiro atoms. The van der Waals surface area contributed by atoms with E-state index in [1.165, 1.54) is 6.07 Å². The fourth-order valence-corrected chi connectivity index (χ4v) is 1.54. The SMILES string of the molecule is CCCc1cc([N+](=O)[O-])cc(N)c1C(=O)O. The van der Waals surface area contributed by atoms with Crippen molar-refractivity contribution < 1.29 is 14.8 Å². The van der Waals surface area contributed by atoms with E-state index in [4.69, 9.17) is 10.8 Å². The summed E-state index contributed by atoms with van der Waals surface area (Å²) in [5, 5.41) is 19.5. The minimum Gasteiger partial charge on any atom is -0.478 e. The largest absolute Gasteiger partial charge is 0.478 e. The number of nitrogen functional groups attached to an aromatic ring is 1. The van der Waals surface area contributed by atoms with Gasteiger partial charge in [-0.05, 0) is 12.0 Å². The second kappa shape index (κ2) is 4.61. The third kappa shape index (κ3) is 2.28. The van der Waals surface area contributed by atoms with E-state index in [1.807, 2.05) is 6.92 Å². The molecule has 6 nitrogen and oxygen atoms in total. The molecule has 3 N–H and O–H groups in total. The third-order valence-electron chi connectivity index (χ3n) is 2.18. The van der Waals surface area contributed by atoms with Gasteiger partial charge in [-0.25, -0.2) is 4.79 Å². The molecule has 1 aromatic rings. The van der Waals surface area contributed by atoms with Crippen molar-refractivity contribution in [1.29, 1.82) is 0 Å². The number of aromatic carboxylic acids is 1. The number of carboxylic acids is 1. The van der Waals surface area contributed by atoms with Crippen molar-refractivity contribution in [3.8, 4) is 0 Å². The van der Waals surface area contributed by atoms with Crippen molar-refractivity contribution >= 4 is 17.3 Å². The lowest BCUT2D eigenvalue weighted by Crippen LogP contribution is -2.08. The lowest BCUT2D eigenvalue weighted by molar-refractivity contribution is -0.384. The Morgan fingerprint density at radius 2 is 2.19 bits per heavy atom. The van der Waals surface area contributed by atoms with E-state index in [0.717, 1.165) is 6.07 Å². The predicted octanol–water partition coefficient (Wildman–Crippen LogP) is 1.83. The molecule has 0 saturated heterocycles. The number of hydrogen-bond donors (Lipinski definition) is 2. The van der Waals surface area contributed by atoms with Gasteiger partial charge in [-0.15, -0.1) is 0 Å². The van der Waals surface area contributed by atoms with Crippen LogP contribution in [0.1, 0.15) is 29.3 Å². The quantitative estimate of drug-likeness (QED) is 0.461. The van der Waals surface area contributed by atoms with Gasteiger partial charge in [-0.3, -0.25) is 10.1 Å². The van der Waals surface area contributed by atoms with E-state index in [9.17, 15) is 14.9 Å². The van der Waals surface area contributed by atoms with Crippen molar-refractivity contribution in [3.63, 3.8) is 0 Å². The van der Waals surface area contributed by atoms with Crippen molar-refractivity contribution in [1.82, 2.24) is 0 Å². The van der Waals surface area contributed by atoms with Crippen molar-refractivity contribution in [2.24, 2.45) is 0 Å². The molecule has 0 aliphatic carbocycles. The first-order valence-electron chi connectivity index (χ1n) is 4.77. The first-order chi connectivity index (χ1) is 7.47. The third-order valence-corrected chi connectivity index (χ3v) is 2.18. The zero-order valence-electron chi connectivity index (χ0n) is 8.77. The van der Waals surface area contributed by atoms with Gasteiger partial charge in [0.25, 0.3) is 5.69 Å². The zero-order valence-corrected chi connectivity index (χ0v) is 8.77. The lowest BCUT2D eigenvalue weighted by Gasteiger charge is -2.07. The molecular formula is C10H12N2O4. The summed E-state index contributed by atoms with van der Waals surface area (Å²) in [5.74, 6) is -1.16. The van der Waals surface area contributed by atoms with Crippen LogP contribution in [0.2, 0.25) is 0 Å². The number of anilines is 1. The number of hydrogen-bond acceptors (Lipinski definition) is 4. The average molecular weight is 224 g/mol. The number of carbonyl (C=O) groups is 1. The Kier molecular flexibility index (Phi) is 3.44. The fourth-order valence-electron chi connectivity index (χ4n) is 1.54.